The van der Waals surface area contributed by atoms with Crippen molar-refractivity contribution < 1.29 is 23.3 Å². The highest BCUT2D eigenvalue weighted by Crippen LogP contribution is 2.13. The molecule has 0 radical (unpaired) electrons. The molecule has 1 heterocycles. The molecule has 5 N–H and O–H groups in total. The van der Waals surface area contributed by atoms with Gasteiger partial charge in [0.15, 0.2) is 6.54 Å². The van der Waals surface area contributed by atoms with Gasteiger partial charge in [0.1, 0.15) is 12.6 Å². The fraction of sp³-hybridized carbons (Fsp3) is 0.462. The minimum absolute atomic E-state index is 0.0244. The maximum Gasteiger partial charge on any atom is 0.279 e. The number of nitrogens with two attached hydrogens (primary N) is 2. The van der Waals surface area contributed by atoms with E-state index in [9.17, 15) is 13.2 Å². The van der Waals surface area contributed by atoms with Crippen molar-refractivity contribution in [1.82, 2.24) is 0 Å². The first kappa shape index (κ1) is 15.9. The number of carbonyl (C=O) groups excluding carboxylic acids is 1. The van der Waals surface area contributed by atoms with Crippen LogP contribution in [0.1, 0.15) is 12.8 Å². The van der Waals surface area contributed by atoms with Crippen LogP contribution in [0.2, 0.25) is 0 Å². The van der Waals surface area contributed by atoms with E-state index in [1.807, 2.05) is 5.32 Å². The molecule has 0 aliphatic carbocycles. The van der Waals surface area contributed by atoms with Gasteiger partial charge >= 0.3 is 0 Å². The Morgan fingerprint density at radius 1 is 1.48 bits per heavy atom. The van der Waals surface area contributed by atoms with E-state index in [-0.39, 0.29) is 23.5 Å². The van der Waals surface area contributed by atoms with Gasteiger partial charge in [-0.15, -0.1) is 0 Å². The molecule has 0 bridgehead atoms. The number of hydrogen-bond acceptors (Lipinski definition) is 4. The largest absolute Gasteiger partial charge is 0.372 e. The van der Waals surface area contributed by atoms with Crippen LogP contribution in [0.3, 0.4) is 0 Å². The number of anilines is 1. The summed E-state index contributed by atoms with van der Waals surface area (Å²) in [6.45, 7) is 1.81. The van der Waals surface area contributed by atoms with Gasteiger partial charge in [0.2, 0.25) is 10.0 Å². The Kier molecular flexibility index (Phi) is 5.29. The van der Waals surface area contributed by atoms with E-state index >= 15 is 0 Å². The predicted molar refractivity (Wildman–Crippen MR) is 77.1 cm³/mol. The Labute approximate surface area is 123 Å². The molecule has 1 aliphatic rings. The number of rotatable bonds is 6. The first-order chi connectivity index (χ1) is 9.95. The summed E-state index contributed by atoms with van der Waals surface area (Å²) in [5.74, 6) is -0.195. The molecule has 1 fully saturated rings. The molecule has 2 rings (SSSR count). The van der Waals surface area contributed by atoms with Crippen LogP contribution >= 0.6 is 0 Å². The maximum absolute atomic E-state index is 11.8. The topological polar surface area (TPSA) is 115 Å². The minimum atomic E-state index is -3.76. The van der Waals surface area contributed by atoms with Crippen LogP contribution in [-0.2, 0) is 19.6 Å². The van der Waals surface area contributed by atoms with Crippen LogP contribution in [0.5, 0.6) is 0 Å². The van der Waals surface area contributed by atoms with Gasteiger partial charge in [-0.3, -0.25) is 4.79 Å². The second-order valence-electron chi connectivity index (χ2n) is 4.98. The quantitative estimate of drug-likeness (QED) is 0.625. The molecule has 1 saturated heterocycles. The fourth-order valence-corrected chi connectivity index (χ4v) is 2.75. The number of amides is 1. The molecule has 21 heavy (non-hydrogen) atoms. The number of nitrogens with one attached hydrogen (secondary N) is 1. The van der Waals surface area contributed by atoms with E-state index < -0.39 is 10.0 Å². The summed E-state index contributed by atoms with van der Waals surface area (Å²) in [6.07, 6.45) is 2.34. The summed E-state index contributed by atoms with van der Waals surface area (Å²) < 4.78 is 27.9. The molecule has 0 unspecified atom stereocenters. The summed E-state index contributed by atoms with van der Waals surface area (Å²) in [4.78, 5) is 11.8. The van der Waals surface area contributed by atoms with Crippen molar-refractivity contribution in [1.29, 1.82) is 0 Å². The van der Waals surface area contributed by atoms with Gasteiger partial charge < -0.3 is 15.4 Å². The second-order valence-corrected chi connectivity index (χ2v) is 6.55. The lowest BCUT2D eigenvalue weighted by Gasteiger charge is -2.09. The average Bonchev–Trinajstić information content (AvgIpc) is 2.91. The molecule has 1 aromatic carbocycles. The van der Waals surface area contributed by atoms with Gasteiger partial charge in [-0.05, 0) is 31.0 Å². The van der Waals surface area contributed by atoms with Crippen LogP contribution in [0.25, 0.3) is 0 Å². The Bertz CT molecular complexity index is 597. The molecule has 8 heteroatoms. The minimum Gasteiger partial charge on any atom is -0.372 e. The average molecular weight is 314 g/mol. The zero-order valence-corrected chi connectivity index (χ0v) is 12.4. The monoisotopic (exact) mass is 314 g/mol. The Balaban J connectivity index is 1.82. The highest BCUT2D eigenvalue weighted by atomic mass is 32.2. The van der Waals surface area contributed by atoms with Gasteiger partial charge in [-0.25, -0.2) is 13.6 Å². The van der Waals surface area contributed by atoms with E-state index in [1.54, 1.807) is 6.07 Å². The molecule has 0 aromatic heterocycles. The highest BCUT2D eigenvalue weighted by Gasteiger charge is 2.17. The van der Waals surface area contributed by atoms with Crippen molar-refractivity contribution in [3.05, 3.63) is 24.3 Å². The summed E-state index contributed by atoms with van der Waals surface area (Å²) in [6, 6.07) is 5.87. The SMILES string of the molecule is NS(=O)(=O)c1cccc(NC(=O)C[NH2+]C[C@@H]2CCCO2)c1. The maximum atomic E-state index is 11.8. The molecule has 1 atom stereocenters. The third kappa shape index (κ3) is 5.09. The van der Waals surface area contributed by atoms with Crippen molar-refractivity contribution in [2.75, 3.05) is 25.0 Å². The van der Waals surface area contributed by atoms with Crippen molar-refractivity contribution in [2.24, 2.45) is 5.14 Å². The zero-order chi connectivity index (χ0) is 15.3. The third-order valence-electron chi connectivity index (χ3n) is 3.23. The number of carbonyl (C=O) groups is 1. The molecular formula is C13H20N3O4S+. The highest BCUT2D eigenvalue weighted by molar-refractivity contribution is 7.89. The lowest BCUT2D eigenvalue weighted by Crippen LogP contribution is -2.88. The molecule has 0 spiro atoms. The van der Waals surface area contributed by atoms with Crippen LogP contribution in [0.15, 0.2) is 29.2 Å². The molecule has 7 nitrogen and oxygen atoms in total. The summed E-state index contributed by atoms with van der Waals surface area (Å²) in [5, 5.41) is 9.58. The number of benzene rings is 1. The number of sulfonamides is 1. The molecule has 1 aromatic rings. The normalized spacial score (nSPS) is 18.6. The van der Waals surface area contributed by atoms with E-state index in [0.29, 0.717) is 5.69 Å². The second kappa shape index (κ2) is 6.99. The van der Waals surface area contributed by atoms with E-state index in [2.05, 4.69) is 5.32 Å². The lowest BCUT2D eigenvalue weighted by atomic mass is 10.2. The lowest BCUT2D eigenvalue weighted by molar-refractivity contribution is -0.649. The van der Waals surface area contributed by atoms with Crippen molar-refractivity contribution in [3.63, 3.8) is 0 Å². The van der Waals surface area contributed by atoms with Gasteiger partial charge in [0.05, 0.1) is 4.90 Å². The van der Waals surface area contributed by atoms with E-state index in [4.69, 9.17) is 9.88 Å². The zero-order valence-electron chi connectivity index (χ0n) is 11.6. The number of ether oxygens (including phenoxy) is 1. The van der Waals surface area contributed by atoms with Crippen molar-refractivity contribution in [2.45, 2.75) is 23.8 Å². The molecule has 116 valence electrons. The third-order valence-corrected chi connectivity index (χ3v) is 4.14. The van der Waals surface area contributed by atoms with Crippen LogP contribution in [-0.4, -0.2) is 40.1 Å². The molecule has 0 saturated carbocycles. The van der Waals surface area contributed by atoms with Gasteiger partial charge in [0.25, 0.3) is 5.91 Å². The fourth-order valence-electron chi connectivity index (χ4n) is 2.19. The Morgan fingerprint density at radius 3 is 2.95 bits per heavy atom. The van der Waals surface area contributed by atoms with E-state index in [0.717, 1.165) is 26.0 Å². The van der Waals surface area contributed by atoms with Crippen LogP contribution < -0.4 is 15.8 Å². The predicted octanol–water partition coefficient (Wildman–Crippen LogP) is -0.985. The van der Waals surface area contributed by atoms with Gasteiger partial charge in [0, 0.05) is 12.3 Å². The molecular weight excluding hydrogens is 294 g/mol. The standard InChI is InChI=1S/C13H19N3O4S/c14-21(18,19)12-5-1-3-10(7-12)16-13(17)9-15-8-11-4-2-6-20-11/h1,3,5,7,11,15H,2,4,6,8-9H2,(H,16,17)(H2,14,18,19)/p+1/t11-/m0/s1. The number of quaternary nitrogens is 1. The Morgan fingerprint density at radius 2 is 2.29 bits per heavy atom. The van der Waals surface area contributed by atoms with Gasteiger partial charge in [-0.1, -0.05) is 6.07 Å². The van der Waals surface area contributed by atoms with Crippen LogP contribution in [0.4, 0.5) is 5.69 Å². The smallest absolute Gasteiger partial charge is 0.279 e. The van der Waals surface area contributed by atoms with Crippen molar-refractivity contribution >= 4 is 21.6 Å². The summed E-state index contributed by atoms with van der Waals surface area (Å²) in [5.41, 5.74) is 0.414. The molecule has 1 amide bonds. The van der Waals surface area contributed by atoms with Gasteiger partial charge in [-0.2, -0.15) is 0 Å². The number of hydrogen-bond donors (Lipinski definition) is 3. The number of primary sulfonamides is 1. The molecule has 1 aliphatic heterocycles. The van der Waals surface area contributed by atoms with Crippen molar-refractivity contribution in [3.8, 4) is 0 Å². The summed E-state index contributed by atoms with van der Waals surface area (Å²) in [7, 11) is -3.76. The van der Waals surface area contributed by atoms with E-state index in [1.165, 1.54) is 18.2 Å². The van der Waals surface area contributed by atoms with Crippen LogP contribution in [0, 0.1) is 0 Å². The first-order valence-electron chi connectivity index (χ1n) is 6.81. The first-order valence-corrected chi connectivity index (χ1v) is 8.36. The summed E-state index contributed by atoms with van der Waals surface area (Å²) >= 11 is 0. The Hall–Kier alpha value is -1.48.